The largest absolute Gasteiger partial charge is 0.394 e. The van der Waals surface area contributed by atoms with Crippen molar-refractivity contribution in [1.29, 1.82) is 0 Å². The Bertz CT molecular complexity index is 2200. The van der Waals surface area contributed by atoms with Gasteiger partial charge in [-0.05, 0) is 92.3 Å². The van der Waals surface area contributed by atoms with Crippen LogP contribution in [0.25, 0.3) is 0 Å². The average molecular weight is 1160 g/mol. The zero-order chi connectivity index (χ0) is 57.9. The van der Waals surface area contributed by atoms with E-state index >= 15 is 0 Å². The lowest BCUT2D eigenvalue weighted by atomic mass is 9.44. The molecule has 7 heterocycles. The third-order valence-corrected chi connectivity index (χ3v) is 21.3. The van der Waals surface area contributed by atoms with E-state index in [0.29, 0.717) is 24.4 Å². The van der Waals surface area contributed by atoms with E-state index in [1.807, 2.05) is 0 Å². The molecule has 34 atom stereocenters. The normalized spacial score (nSPS) is 56.7. The highest BCUT2D eigenvalue weighted by Gasteiger charge is 2.70. The minimum atomic E-state index is -2.03. The molecule has 0 aromatic heterocycles. The predicted octanol–water partition coefficient (Wildman–Crippen LogP) is -3.68. The number of Topliss-reactive ketones (excluding diaryl/α,β-unsaturated/α-hetero) is 1. The van der Waals surface area contributed by atoms with Crippen LogP contribution >= 0.6 is 0 Å². The summed E-state index contributed by atoms with van der Waals surface area (Å²) in [6.45, 7) is 10.1. The highest BCUT2D eigenvalue weighted by atomic mass is 16.8. The molecule has 11 rings (SSSR count). The van der Waals surface area contributed by atoms with Crippen LogP contribution in [0.3, 0.4) is 0 Å². The van der Waals surface area contributed by atoms with Crippen LogP contribution in [-0.2, 0) is 61.6 Å². The van der Waals surface area contributed by atoms with Gasteiger partial charge in [0.2, 0.25) is 0 Å². The molecule has 0 aromatic carbocycles. The summed E-state index contributed by atoms with van der Waals surface area (Å²) in [6.07, 6.45) is -34.9. The molecule has 11 aliphatic rings. The third kappa shape index (κ3) is 10.6. The van der Waals surface area contributed by atoms with Crippen molar-refractivity contribution in [2.24, 2.45) is 46.3 Å². The van der Waals surface area contributed by atoms with Gasteiger partial charge >= 0.3 is 0 Å². The Labute approximate surface area is 469 Å². The standard InChI is InChI=1S/C55H86O26/c1-20-8-11-55(72-17-20)21(2)34-31(81-55)13-26-24-7-6-23-12-30(27(58)14-54(23,5)25(24)9-10-53(26,34)4)74-51-46(79-50-42(68)39(65)35(61)22(3)73-50)43(69)44(33(16-57)76-51)77-52-47(80-49-41(67)37(63)29(60)19-71-49)45(38(64)32(15-56)75-52)78-48-40(66)36(62)28(59)18-70-48/h21-26,28-52,56-57,59-69H,1,6-19H2,2-5H3/t21-,22-,23-,24+,25-,26-,28+,29-,30?,31?,32+,33+,34?,35-,36-,37-,38+,39+,40+,41+,42+,43-,44-,45-,46+,47+,48-,49-,50-,51+,52-,53-,54-,55+/m0/s1. The van der Waals surface area contributed by atoms with Gasteiger partial charge < -0.3 is 123 Å². The molecule has 7 aliphatic heterocycles. The van der Waals surface area contributed by atoms with E-state index < -0.39 is 180 Å². The van der Waals surface area contributed by atoms with Gasteiger partial charge in [-0.25, -0.2) is 0 Å². The predicted molar refractivity (Wildman–Crippen MR) is 268 cm³/mol. The second-order valence-electron chi connectivity index (χ2n) is 25.8. The van der Waals surface area contributed by atoms with E-state index in [1.54, 1.807) is 0 Å². The van der Waals surface area contributed by atoms with Crippen LogP contribution < -0.4 is 0 Å². The monoisotopic (exact) mass is 1160 g/mol. The molecule has 0 bridgehead atoms. The number of aliphatic hydroxyl groups is 13. The van der Waals surface area contributed by atoms with E-state index in [2.05, 4.69) is 27.4 Å². The molecule has 0 amide bonds. The van der Waals surface area contributed by atoms with Gasteiger partial charge in [-0.3, -0.25) is 4.79 Å². The average Bonchev–Trinajstić information content (AvgIpc) is 3.97. The van der Waals surface area contributed by atoms with Crippen LogP contribution in [0.4, 0.5) is 0 Å². The highest BCUT2D eigenvalue weighted by Crippen LogP contribution is 2.71. The molecule has 1 spiro atoms. The van der Waals surface area contributed by atoms with Crippen LogP contribution in [0.15, 0.2) is 12.2 Å². The minimum Gasteiger partial charge on any atom is -0.394 e. The first kappa shape index (κ1) is 61.1. The molecule has 462 valence electrons. The maximum absolute atomic E-state index is 14.8. The van der Waals surface area contributed by atoms with Gasteiger partial charge in [0.1, 0.15) is 110 Å². The maximum atomic E-state index is 14.8. The van der Waals surface area contributed by atoms with Crippen molar-refractivity contribution < 1.29 is 128 Å². The van der Waals surface area contributed by atoms with Gasteiger partial charge in [-0.2, -0.15) is 0 Å². The Morgan fingerprint density at radius 2 is 1.19 bits per heavy atom. The summed E-state index contributed by atoms with van der Waals surface area (Å²) in [4.78, 5) is 14.8. The smallest absolute Gasteiger partial charge is 0.187 e. The molecule has 0 radical (unpaired) electrons. The maximum Gasteiger partial charge on any atom is 0.187 e. The second-order valence-corrected chi connectivity index (χ2v) is 25.8. The van der Waals surface area contributed by atoms with Gasteiger partial charge in [0, 0.05) is 18.8 Å². The van der Waals surface area contributed by atoms with Crippen LogP contribution in [0.2, 0.25) is 0 Å². The first-order valence-corrected chi connectivity index (χ1v) is 29.1. The lowest BCUT2D eigenvalue weighted by molar-refractivity contribution is -0.407. The Kier molecular flexibility index (Phi) is 17.7. The number of fused-ring (bicyclic) bond motifs is 7. The summed E-state index contributed by atoms with van der Waals surface area (Å²) < 4.78 is 74.0. The lowest BCUT2D eigenvalue weighted by Gasteiger charge is -2.61. The third-order valence-electron chi connectivity index (χ3n) is 21.3. The van der Waals surface area contributed by atoms with E-state index in [-0.39, 0.29) is 53.3 Å². The molecule has 26 nitrogen and oxygen atoms in total. The molecule has 3 unspecified atom stereocenters. The van der Waals surface area contributed by atoms with Crippen molar-refractivity contribution in [3.8, 4) is 0 Å². The first-order chi connectivity index (χ1) is 38.4. The van der Waals surface area contributed by atoms with E-state index in [0.717, 1.165) is 50.5 Å². The molecule has 26 heteroatoms. The van der Waals surface area contributed by atoms with Crippen molar-refractivity contribution >= 4 is 5.78 Å². The zero-order valence-electron chi connectivity index (χ0n) is 46.1. The van der Waals surface area contributed by atoms with Crippen molar-refractivity contribution in [3.63, 3.8) is 0 Å². The zero-order valence-corrected chi connectivity index (χ0v) is 46.1. The van der Waals surface area contributed by atoms with Crippen LogP contribution in [0, 0.1) is 46.3 Å². The fraction of sp³-hybridized carbons (Fsp3) is 0.945. The molecule has 4 saturated carbocycles. The summed E-state index contributed by atoms with van der Waals surface area (Å²) in [5.41, 5.74) is 0.754. The number of ketones is 1. The van der Waals surface area contributed by atoms with E-state index in [4.69, 9.17) is 56.8 Å². The summed E-state index contributed by atoms with van der Waals surface area (Å²) in [5.74, 6) is 0.821. The number of aliphatic hydroxyl groups excluding tert-OH is 13. The van der Waals surface area contributed by atoms with Gasteiger partial charge in [0.15, 0.2) is 43.0 Å². The van der Waals surface area contributed by atoms with Crippen LogP contribution in [-0.4, -0.2) is 265 Å². The molecule has 81 heavy (non-hydrogen) atoms. The second kappa shape index (κ2) is 23.5. The minimum absolute atomic E-state index is 0.0299. The molecular formula is C55H86O26. The Morgan fingerprint density at radius 1 is 0.580 bits per heavy atom. The summed E-state index contributed by atoms with van der Waals surface area (Å²) in [7, 11) is 0. The SMILES string of the molecule is C=C1CC[C@@]2(OC1)OC1C[C@H]3[C@@H]4CC[C@H]5CC(O[C@@H]6O[C@H](CO)[C@H](O[C@@H]7O[C@H](CO)[C@@H](O)[C@H](O[C@@H]8OC[C@@H](O)[C@H](O)[C@H]8O)[C@H]7O[C@@H]7OC[C@H](O)[C@H](O)[C@H]7O)[C@H](O)[C@H]6O[C@@H]6O[C@@H](C)[C@H](O)[C@@H](O)[C@H]6O)C(=O)C[C@]5(C)[C@H]4CC[C@]3(C)C1[C@@H]2C. The van der Waals surface area contributed by atoms with Crippen molar-refractivity contribution in [1.82, 2.24) is 0 Å². The number of hydrogen-bond acceptors (Lipinski definition) is 26. The number of carbonyl (C=O) groups is 1. The summed E-state index contributed by atoms with van der Waals surface area (Å²) in [6, 6.07) is 0. The molecule has 4 aliphatic carbocycles. The molecule has 0 aromatic rings. The van der Waals surface area contributed by atoms with Gasteiger partial charge in [0.25, 0.3) is 0 Å². The van der Waals surface area contributed by atoms with Gasteiger partial charge in [0.05, 0.1) is 45.2 Å². The molecule has 7 saturated heterocycles. The Morgan fingerprint density at radius 3 is 1.83 bits per heavy atom. The fourth-order valence-electron chi connectivity index (χ4n) is 16.7. The van der Waals surface area contributed by atoms with Crippen LogP contribution in [0.5, 0.6) is 0 Å². The van der Waals surface area contributed by atoms with Crippen molar-refractivity contribution in [2.45, 2.75) is 245 Å². The topological polar surface area (TPSA) is 391 Å². The molecule has 11 fully saturated rings. The summed E-state index contributed by atoms with van der Waals surface area (Å²) >= 11 is 0. The number of carbonyl (C=O) groups excluding carboxylic acids is 1. The number of rotatable bonds is 12. The van der Waals surface area contributed by atoms with Gasteiger partial charge in [-0.15, -0.1) is 0 Å². The molecule has 13 N–H and O–H groups in total. The number of hydrogen-bond donors (Lipinski definition) is 13. The fourth-order valence-corrected chi connectivity index (χ4v) is 16.7. The first-order valence-electron chi connectivity index (χ1n) is 29.1. The summed E-state index contributed by atoms with van der Waals surface area (Å²) in [5, 5.41) is 142. The Balaban J connectivity index is 0.843. The highest BCUT2D eigenvalue weighted by molar-refractivity contribution is 5.84. The number of ether oxygens (including phenoxy) is 12. The van der Waals surface area contributed by atoms with E-state index in [9.17, 15) is 71.2 Å². The van der Waals surface area contributed by atoms with Crippen LogP contribution in [0.1, 0.15) is 85.5 Å². The Hall–Kier alpha value is -1.59. The van der Waals surface area contributed by atoms with Crippen molar-refractivity contribution in [2.75, 3.05) is 33.0 Å². The van der Waals surface area contributed by atoms with Crippen molar-refractivity contribution in [3.05, 3.63) is 12.2 Å². The molecular weight excluding hydrogens is 1080 g/mol. The lowest BCUT2D eigenvalue weighted by Crippen LogP contribution is -2.69. The quantitative estimate of drug-likeness (QED) is 0.0661. The van der Waals surface area contributed by atoms with Gasteiger partial charge in [-0.1, -0.05) is 32.9 Å². The van der Waals surface area contributed by atoms with E-state index in [1.165, 1.54) is 6.92 Å².